The Kier molecular flexibility index (Phi) is 8.73. The van der Waals surface area contributed by atoms with Gasteiger partial charge in [-0.3, -0.25) is 4.98 Å². The Bertz CT molecular complexity index is 1140. The van der Waals surface area contributed by atoms with Crippen molar-refractivity contribution in [2.75, 3.05) is 21.8 Å². The summed E-state index contributed by atoms with van der Waals surface area (Å²) in [6.45, 7) is 5.24. The van der Waals surface area contributed by atoms with Crippen LogP contribution in [0.25, 0.3) is 10.9 Å². The Morgan fingerprint density at radius 2 is 2.24 bits per heavy atom. The molecule has 0 saturated carbocycles. The lowest BCUT2D eigenvalue weighted by atomic mass is 10.1. The van der Waals surface area contributed by atoms with E-state index in [9.17, 15) is 0 Å². The first-order valence-electron chi connectivity index (χ1n) is 11.0. The van der Waals surface area contributed by atoms with E-state index in [1.165, 1.54) is 0 Å². The van der Waals surface area contributed by atoms with Crippen molar-refractivity contribution in [3.63, 3.8) is 0 Å². The van der Waals surface area contributed by atoms with Crippen molar-refractivity contribution in [1.29, 1.82) is 0 Å². The molecule has 0 amide bonds. The van der Waals surface area contributed by atoms with E-state index in [4.69, 9.17) is 26.1 Å². The predicted molar refractivity (Wildman–Crippen MR) is 146 cm³/mol. The molecular formula is C25H27ClIN3O2S. The molecular weight excluding hydrogens is 569 g/mol. The van der Waals surface area contributed by atoms with Gasteiger partial charge in [0, 0.05) is 52.5 Å². The average molecular weight is 596 g/mol. The fourth-order valence-corrected chi connectivity index (χ4v) is 5.83. The number of alkyl halides is 1. The largest absolute Gasteiger partial charge is 0.487 e. The summed E-state index contributed by atoms with van der Waals surface area (Å²) in [7, 11) is 0. The third kappa shape index (κ3) is 5.93. The molecule has 1 aliphatic rings. The van der Waals surface area contributed by atoms with Gasteiger partial charge in [-0.05, 0) is 38.8 Å². The minimum Gasteiger partial charge on any atom is -0.487 e. The maximum atomic E-state index is 6.54. The summed E-state index contributed by atoms with van der Waals surface area (Å²) in [5.41, 5.74) is 3.86. The highest BCUT2D eigenvalue weighted by Crippen LogP contribution is 2.35. The van der Waals surface area contributed by atoms with Gasteiger partial charge >= 0.3 is 0 Å². The molecule has 1 fully saturated rings. The van der Waals surface area contributed by atoms with Crippen LogP contribution in [-0.2, 0) is 11.3 Å². The number of para-hydroxylation sites is 1. The molecule has 0 aliphatic carbocycles. The second-order valence-electron chi connectivity index (χ2n) is 7.84. The minimum atomic E-state index is 0.296. The van der Waals surface area contributed by atoms with Gasteiger partial charge in [0.1, 0.15) is 17.9 Å². The summed E-state index contributed by atoms with van der Waals surface area (Å²) in [5, 5.41) is 1.67. The molecule has 5 nitrogen and oxygen atoms in total. The van der Waals surface area contributed by atoms with E-state index >= 15 is 0 Å². The molecule has 174 valence electrons. The molecule has 4 rings (SSSR count). The molecule has 3 heterocycles. The van der Waals surface area contributed by atoms with Crippen LogP contribution in [0.1, 0.15) is 31.0 Å². The van der Waals surface area contributed by atoms with Crippen LogP contribution >= 0.6 is 46.0 Å². The predicted octanol–water partition coefficient (Wildman–Crippen LogP) is 7.17. The van der Waals surface area contributed by atoms with Crippen molar-refractivity contribution in [3.05, 3.63) is 65.2 Å². The van der Waals surface area contributed by atoms with Crippen molar-refractivity contribution < 1.29 is 9.47 Å². The Labute approximate surface area is 218 Å². The highest BCUT2D eigenvalue weighted by atomic mass is 127. The Hall–Kier alpha value is -1.55. The molecule has 0 N–H and O–H groups in total. The van der Waals surface area contributed by atoms with E-state index in [1.54, 1.807) is 18.0 Å². The molecule has 1 atom stereocenters. The van der Waals surface area contributed by atoms with Crippen molar-refractivity contribution >= 4 is 62.5 Å². The van der Waals surface area contributed by atoms with Crippen LogP contribution in [0.4, 0.5) is 5.69 Å². The lowest BCUT2D eigenvalue weighted by molar-refractivity contribution is 0.129. The highest BCUT2D eigenvalue weighted by Gasteiger charge is 2.18. The topological polar surface area (TPSA) is 47.5 Å². The van der Waals surface area contributed by atoms with Crippen LogP contribution in [0.2, 0.25) is 5.02 Å². The highest BCUT2D eigenvalue weighted by molar-refractivity contribution is 14.1. The molecule has 0 spiro atoms. The third-order valence-electron chi connectivity index (χ3n) is 5.46. The van der Waals surface area contributed by atoms with Crippen molar-refractivity contribution in [1.82, 2.24) is 9.97 Å². The molecule has 1 aromatic carbocycles. The molecule has 0 radical (unpaired) electrons. The number of anilines is 1. The zero-order valence-electron chi connectivity index (χ0n) is 18.8. The number of hydrogen-bond donors (Lipinski definition) is 0. The van der Waals surface area contributed by atoms with Gasteiger partial charge in [-0.2, -0.15) is 0 Å². The number of aryl methyl sites for hydroxylation is 1. The van der Waals surface area contributed by atoms with Crippen molar-refractivity contribution in [2.24, 2.45) is 0 Å². The number of pyridine rings is 2. The summed E-state index contributed by atoms with van der Waals surface area (Å²) < 4.78 is 12.9. The minimum absolute atomic E-state index is 0.296. The Morgan fingerprint density at radius 3 is 3.00 bits per heavy atom. The van der Waals surface area contributed by atoms with Crippen LogP contribution in [0, 0.1) is 6.92 Å². The molecule has 0 unspecified atom stereocenters. The Balaban J connectivity index is 1.61. The summed E-state index contributed by atoms with van der Waals surface area (Å²) >= 11 is 10.6. The van der Waals surface area contributed by atoms with Crippen molar-refractivity contribution in [2.45, 2.75) is 44.3 Å². The zero-order valence-corrected chi connectivity index (χ0v) is 22.5. The second kappa shape index (κ2) is 11.7. The number of fused-ring (bicyclic) bond motifs is 1. The van der Waals surface area contributed by atoms with Crippen LogP contribution in [0.3, 0.4) is 0 Å². The van der Waals surface area contributed by atoms with Gasteiger partial charge in [0.15, 0.2) is 0 Å². The fraction of sp³-hybridized carbons (Fsp3) is 0.360. The molecule has 8 heteroatoms. The smallest absolute Gasteiger partial charge is 0.146 e. The van der Waals surface area contributed by atoms with E-state index in [0.29, 0.717) is 17.7 Å². The average Bonchev–Trinajstić information content (AvgIpc) is 3.34. The van der Waals surface area contributed by atoms with E-state index in [-0.39, 0.29) is 0 Å². The summed E-state index contributed by atoms with van der Waals surface area (Å²) in [5.74, 6) is 1.64. The number of nitrogens with zero attached hydrogens (tertiary/aromatic N) is 3. The molecule has 0 bridgehead atoms. The number of halogens is 2. The molecule has 2 aromatic heterocycles. The third-order valence-corrected chi connectivity index (χ3v) is 7.72. The normalized spacial score (nSPS) is 16.1. The zero-order chi connectivity index (χ0) is 23.2. The first-order valence-corrected chi connectivity index (χ1v) is 13.8. The first kappa shape index (κ1) is 24.6. The number of hydrogen-bond acceptors (Lipinski definition) is 6. The maximum absolute atomic E-state index is 6.54. The van der Waals surface area contributed by atoms with E-state index < -0.39 is 0 Å². The number of thioether (sulfide) groups is 1. The SMILES string of the molecule is C/C=C\N(CI)c1cc(C)nc2c(OCc3c(Cl)cncc3SC[C@H]3CCCO3)cccc12. The van der Waals surface area contributed by atoms with Gasteiger partial charge in [0.05, 0.1) is 21.4 Å². The van der Waals surface area contributed by atoms with Gasteiger partial charge in [0.25, 0.3) is 0 Å². The number of aromatic nitrogens is 2. The number of benzene rings is 1. The van der Waals surface area contributed by atoms with Crippen LogP contribution < -0.4 is 9.64 Å². The van der Waals surface area contributed by atoms with E-state index in [1.807, 2.05) is 38.3 Å². The molecule has 1 saturated heterocycles. The van der Waals surface area contributed by atoms with E-state index in [0.717, 1.165) is 68.2 Å². The maximum Gasteiger partial charge on any atom is 0.146 e. The lowest BCUT2D eigenvalue weighted by Crippen LogP contribution is -2.13. The fourth-order valence-electron chi connectivity index (χ4n) is 3.86. The lowest BCUT2D eigenvalue weighted by Gasteiger charge is -2.21. The second-order valence-corrected chi connectivity index (χ2v) is 9.99. The summed E-state index contributed by atoms with van der Waals surface area (Å²) in [6.07, 6.45) is 10.2. The van der Waals surface area contributed by atoms with Gasteiger partial charge in [0.2, 0.25) is 0 Å². The van der Waals surface area contributed by atoms with Crippen LogP contribution in [-0.4, -0.2) is 33.0 Å². The molecule has 3 aromatic rings. The number of ether oxygens (including phenoxy) is 2. The van der Waals surface area contributed by atoms with Crippen LogP contribution in [0.5, 0.6) is 5.75 Å². The standard InChI is InChI=1S/C25H27ClIN3O2S/c1-3-9-30(16-27)22-11-17(2)29-25-19(22)7-4-8-23(25)32-14-20-21(26)12-28-13-24(20)33-15-18-6-5-10-31-18/h3-4,7-9,11-13,18H,5-6,10,14-16H2,1-2H3/b9-3-/t18-/m1/s1. The van der Waals surface area contributed by atoms with Gasteiger partial charge in [-0.25, -0.2) is 4.98 Å². The quantitative estimate of drug-likeness (QED) is 0.113. The molecule has 1 aliphatic heterocycles. The summed E-state index contributed by atoms with van der Waals surface area (Å²) in [6, 6.07) is 8.19. The van der Waals surface area contributed by atoms with Crippen LogP contribution in [0.15, 0.2) is 53.8 Å². The van der Waals surface area contributed by atoms with Gasteiger partial charge in [-0.1, -0.05) is 52.4 Å². The number of rotatable bonds is 9. The van der Waals surface area contributed by atoms with Crippen molar-refractivity contribution in [3.8, 4) is 5.75 Å². The molecule has 33 heavy (non-hydrogen) atoms. The Morgan fingerprint density at radius 1 is 1.36 bits per heavy atom. The first-order chi connectivity index (χ1) is 16.1. The monoisotopic (exact) mass is 595 g/mol. The van der Waals surface area contributed by atoms with Gasteiger partial charge in [-0.15, -0.1) is 11.8 Å². The summed E-state index contributed by atoms with van der Waals surface area (Å²) in [4.78, 5) is 12.3. The van der Waals surface area contributed by atoms with Gasteiger partial charge < -0.3 is 14.4 Å². The number of allylic oxidation sites excluding steroid dienone is 1. The van der Waals surface area contributed by atoms with E-state index in [2.05, 4.69) is 50.8 Å².